The summed E-state index contributed by atoms with van der Waals surface area (Å²) in [5, 5.41) is 2.94. The maximum Gasteiger partial charge on any atom is 0.224 e. The first-order chi connectivity index (χ1) is 9.15. The van der Waals surface area contributed by atoms with Crippen LogP contribution in [0.4, 0.5) is 0 Å². The summed E-state index contributed by atoms with van der Waals surface area (Å²) < 4.78 is 0. The quantitative estimate of drug-likeness (QED) is 0.840. The van der Waals surface area contributed by atoms with Gasteiger partial charge in [0.2, 0.25) is 5.91 Å². The van der Waals surface area contributed by atoms with Gasteiger partial charge in [-0.05, 0) is 36.8 Å². The van der Waals surface area contributed by atoms with Crippen molar-refractivity contribution in [1.82, 2.24) is 10.3 Å². The van der Waals surface area contributed by atoms with Crippen LogP contribution in [-0.4, -0.2) is 10.9 Å². The Morgan fingerprint density at radius 1 is 1.26 bits per heavy atom. The molecule has 3 nitrogen and oxygen atoms in total. The molecule has 1 heterocycles. The van der Waals surface area contributed by atoms with Crippen molar-refractivity contribution in [3.63, 3.8) is 0 Å². The molecule has 4 heteroatoms. The van der Waals surface area contributed by atoms with Gasteiger partial charge in [0.25, 0.3) is 0 Å². The Labute approximate surface area is 118 Å². The molecule has 1 aromatic carbocycles. The van der Waals surface area contributed by atoms with E-state index in [9.17, 15) is 4.79 Å². The maximum absolute atomic E-state index is 11.9. The molecule has 19 heavy (non-hydrogen) atoms. The van der Waals surface area contributed by atoms with Gasteiger partial charge in [-0.2, -0.15) is 0 Å². The highest BCUT2D eigenvalue weighted by atomic mass is 32.1. The smallest absolute Gasteiger partial charge is 0.224 e. The fraction of sp³-hybridized carbons (Fsp3) is 0.200. The second kappa shape index (κ2) is 6.38. The van der Waals surface area contributed by atoms with Gasteiger partial charge in [-0.3, -0.25) is 9.78 Å². The highest BCUT2D eigenvalue weighted by Crippen LogP contribution is 2.10. The van der Waals surface area contributed by atoms with Crippen LogP contribution in [0, 0.1) is 0 Å². The van der Waals surface area contributed by atoms with Gasteiger partial charge >= 0.3 is 0 Å². The largest absolute Gasteiger partial charge is 0.348 e. The van der Waals surface area contributed by atoms with Crippen LogP contribution in [0.2, 0.25) is 0 Å². The average molecular weight is 272 g/mol. The van der Waals surface area contributed by atoms with Crippen molar-refractivity contribution in [2.75, 3.05) is 0 Å². The lowest BCUT2D eigenvalue weighted by molar-refractivity contribution is -0.121. The number of benzene rings is 1. The van der Waals surface area contributed by atoms with Crippen molar-refractivity contribution in [3.8, 4) is 0 Å². The van der Waals surface area contributed by atoms with E-state index in [1.165, 1.54) is 0 Å². The Morgan fingerprint density at radius 2 is 2.00 bits per heavy atom. The predicted octanol–water partition coefficient (Wildman–Crippen LogP) is 2.79. The van der Waals surface area contributed by atoms with Crippen molar-refractivity contribution in [3.05, 3.63) is 59.9 Å². The van der Waals surface area contributed by atoms with Crippen LogP contribution < -0.4 is 5.32 Å². The van der Waals surface area contributed by atoms with Crippen LogP contribution >= 0.6 is 12.6 Å². The Balaban J connectivity index is 1.93. The van der Waals surface area contributed by atoms with Crippen LogP contribution in [0.1, 0.15) is 24.2 Å². The van der Waals surface area contributed by atoms with E-state index < -0.39 is 0 Å². The number of carbonyl (C=O) groups excluding carboxylic acids is 1. The molecule has 1 atom stereocenters. The Bertz CT molecular complexity index is 540. The summed E-state index contributed by atoms with van der Waals surface area (Å²) in [7, 11) is 0. The number of nitrogens with zero attached hydrogens (tertiary/aromatic N) is 1. The highest BCUT2D eigenvalue weighted by molar-refractivity contribution is 7.80. The Morgan fingerprint density at radius 3 is 2.63 bits per heavy atom. The molecule has 0 aliphatic rings. The summed E-state index contributed by atoms with van der Waals surface area (Å²) >= 11 is 4.22. The number of hydrogen-bond donors (Lipinski definition) is 2. The van der Waals surface area contributed by atoms with Gasteiger partial charge in [0, 0.05) is 11.1 Å². The first kappa shape index (κ1) is 13.6. The van der Waals surface area contributed by atoms with Gasteiger partial charge in [0.15, 0.2) is 0 Å². The van der Waals surface area contributed by atoms with Crippen molar-refractivity contribution in [1.29, 1.82) is 0 Å². The Kier molecular flexibility index (Phi) is 4.58. The van der Waals surface area contributed by atoms with Gasteiger partial charge in [-0.15, -0.1) is 12.6 Å². The van der Waals surface area contributed by atoms with Crippen molar-refractivity contribution >= 4 is 18.5 Å². The summed E-state index contributed by atoms with van der Waals surface area (Å²) in [4.78, 5) is 17.0. The first-order valence-electron chi connectivity index (χ1n) is 6.13. The molecule has 2 aromatic rings. The summed E-state index contributed by atoms with van der Waals surface area (Å²) in [5.41, 5.74) is 1.84. The number of nitrogens with one attached hydrogen (secondary N) is 1. The van der Waals surface area contributed by atoms with E-state index in [0.717, 1.165) is 16.2 Å². The second-order valence-corrected chi connectivity index (χ2v) is 4.90. The zero-order valence-electron chi connectivity index (χ0n) is 10.7. The topological polar surface area (TPSA) is 42.0 Å². The SMILES string of the molecule is CC(NC(=O)Cc1ccc(S)cc1)c1ccccn1. The van der Waals surface area contributed by atoms with Gasteiger partial charge in [0.1, 0.15) is 0 Å². The van der Waals surface area contributed by atoms with Crippen LogP contribution in [0.5, 0.6) is 0 Å². The first-order valence-corrected chi connectivity index (χ1v) is 6.58. The second-order valence-electron chi connectivity index (χ2n) is 4.39. The number of thiol groups is 1. The number of carbonyl (C=O) groups is 1. The molecule has 0 radical (unpaired) electrons. The van der Waals surface area contributed by atoms with Crippen molar-refractivity contribution in [2.24, 2.45) is 0 Å². The Hall–Kier alpha value is -1.81. The van der Waals surface area contributed by atoms with Crippen molar-refractivity contribution in [2.45, 2.75) is 24.3 Å². The third-order valence-corrected chi connectivity index (χ3v) is 3.11. The van der Waals surface area contributed by atoms with E-state index >= 15 is 0 Å². The zero-order chi connectivity index (χ0) is 13.7. The zero-order valence-corrected chi connectivity index (χ0v) is 11.6. The molecule has 98 valence electrons. The van der Waals surface area contributed by atoms with Gasteiger partial charge < -0.3 is 5.32 Å². The fourth-order valence-corrected chi connectivity index (χ4v) is 1.95. The molecular formula is C15H16N2OS. The minimum atomic E-state index is -0.0853. The minimum Gasteiger partial charge on any atom is -0.348 e. The lowest BCUT2D eigenvalue weighted by atomic mass is 10.1. The molecule has 0 aliphatic carbocycles. The van der Waals surface area contributed by atoms with E-state index in [-0.39, 0.29) is 11.9 Å². The molecule has 0 bridgehead atoms. The number of pyridine rings is 1. The maximum atomic E-state index is 11.9. The van der Waals surface area contributed by atoms with Gasteiger partial charge in [-0.25, -0.2) is 0 Å². The summed E-state index contributed by atoms with van der Waals surface area (Å²) in [6, 6.07) is 13.2. The monoisotopic (exact) mass is 272 g/mol. The van der Waals surface area contributed by atoms with E-state index in [1.807, 2.05) is 49.4 Å². The van der Waals surface area contributed by atoms with Crippen molar-refractivity contribution < 1.29 is 4.79 Å². The minimum absolute atomic E-state index is 0.00920. The van der Waals surface area contributed by atoms with Crippen LogP contribution in [-0.2, 0) is 11.2 Å². The molecule has 1 N–H and O–H groups in total. The highest BCUT2D eigenvalue weighted by Gasteiger charge is 2.10. The summed E-state index contributed by atoms with van der Waals surface area (Å²) in [6.07, 6.45) is 2.09. The molecule has 0 spiro atoms. The molecule has 1 amide bonds. The molecule has 0 fully saturated rings. The van der Waals surface area contributed by atoms with Crippen LogP contribution in [0.25, 0.3) is 0 Å². The average Bonchev–Trinajstić information content (AvgIpc) is 2.42. The van der Waals surface area contributed by atoms with Crippen LogP contribution in [0.15, 0.2) is 53.6 Å². The number of rotatable bonds is 4. The van der Waals surface area contributed by atoms with E-state index in [1.54, 1.807) is 6.20 Å². The predicted molar refractivity (Wildman–Crippen MR) is 78.2 cm³/mol. The molecule has 0 saturated carbocycles. The molecule has 2 rings (SSSR count). The van der Waals surface area contributed by atoms with Crippen LogP contribution in [0.3, 0.4) is 0 Å². The normalized spacial score (nSPS) is 11.9. The number of aromatic nitrogens is 1. The summed E-state index contributed by atoms with van der Waals surface area (Å²) in [6.45, 7) is 1.93. The molecular weight excluding hydrogens is 256 g/mol. The van der Waals surface area contributed by atoms with E-state index in [4.69, 9.17) is 0 Å². The third kappa shape index (κ3) is 4.10. The standard InChI is InChI=1S/C15H16N2OS/c1-11(14-4-2-3-9-16-14)17-15(18)10-12-5-7-13(19)8-6-12/h2-9,11,19H,10H2,1H3,(H,17,18). The van der Waals surface area contributed by atoms with E-state index in [0.29, 0.717) is 6.42 Å². The lowest BCUT2D eigenvalue weighted by Crippen LogP contribution is -2.28. The molecule has 0 aliphatic heterocycles. The molecule has 0 saturated heterocycles. The van der Waals surface area contributed by atoms with Gasteiger partial charge in [0.05, 0.1) is 18.2 Å². The lowest BCUT2D eigenvalue weighted by Gasteiger charge is -2.13. The van der Waals surface area contributed by atoms with E-state index in [2.05, 4.69) is 22.9 Å². The summed E-state index contributed by atoms with van der Waals surface area (Å²) in [5.74, 6) is -0.00920. The third-order valence-electron chi connectivity index (χ3n) is 2.81. The fourth-order valence-electron chi connectivity index (χ4n) is 1.80. The molecule has 1 aromatic heterocycles. The number of hydrogen-bond acceptors (Lipinski definition) is 3. The number of amides is 1. The van der Waals surface area contributed by atoms with Gasteiger partial charge in [-0.1, -0.05) is 18.2 Å². The molecule has 1 unspecified atom stereocenters.